The van der Waals surface area contributed by atoms with Gasteiger partial charge in [0.2, 0.25) is 0 Å². The third-order valence-corrected chi connectivity index (χ3v) is 3.47. The molecule has 0 radical (unpaired) electrons. The number of hydrogen-bond acceptors (Lipinski definition) is 3. The fourth-order valence-electron chi connectivity index (χ4n) is 1.75. The number of rotatable bonds is 5. The predicted octanol–water partition coefficient (Wildman–Crippen LogP) is 3.78. The number of anilines is 1. The molecule has 0 aromatic heterocycles. The Bertz CT molecular complexity index is 643. The van der Waals surface area contributed by atoms with Gasteiger partial charge >= 0.3 is 0 Å². The number of methoxy groups -OCH3 is 1. The van der Waals surface area contributed by atoms with Crippen molar-refractivity contribution in [2.75, 3.05) is 19.0 Å². The zero-order chi connectivity index (χ0) is 15.2. The molecule has 0 heterocycles. The molecule has 0 fully saturated rings. The van der Waals surface area contributed by atoms with E-state index in [2.05, 4.69) is 21.2 Å². The first-order chi connectivity index (χ1) is 10.1. The first-order valence-corrected chi connectivity index (χ1v) is 7.20. The summed E-state index contributed by atoms with van der Waals surface area (Å²) in [6, 6.07) is 12.9. The second-order valence-electron chi connectivity index (χ2n) is 4.50. The van der Waals surface area contributed by atoms with Crippen molar-refractivity contribution in [3.05, 3.63) is 52.5 Å². The lowest BCUT2D eigenvalue weighted by atomic mass is 10.2. The van der Waals surface area contributed by atoms with Gasteiger partial charge in [0, 0.05) is 10.5 Å². The van der Waals surface area contributed by atoms with E-state index in [0.717, 1.165) is 15.7 Å². The molecule has 0 saturated carbocycles. The molecule has 2 aromatic carbocycles. The predicted molar refractivity (Wildman–Crippen MR) is 86.0 cm³/mol. The molecular formula is C16H16BrNO3. The minimum Gasteiger partial charge on any atom is -0.497 e. The lowest BCUT2D eigenvalue weighted by Crippen LogP contribution is -2.20. The fourth-order valence-corrected chi connectivity index (χ4v) is 2.34. The van der Waals surface area contributed by atoms with Gasteiger partial charge in [-0.15, -0.1) is 0 Å². The highest BCUT2D eigenvalue weighted by Gasteiger charge is 2.07. The molecule has 0 atom stereocenters. The van der Waals surface area contributed by atoms with E-state index in [1.165, 1.54) is 0 Å². The smallest absolute Gasteiger partial charge is 0.262 e. The summed E-state index contributed by atoms with van der Waals surface area (Å²) < 4.78 is 11.4. The first kappa shape index (κ1) is 15.4. The van der Waals surface area contributed by atoms with Crippen LogP contribution in [0.2, 0.25) is 0 Å². The lowest BCUT2D eigenvalue weighted by molar-refractivity contribution is -0.118. The van der Waals surface area contributed by atoms with Crippen molar-refractivity contribution in [3.63, 3.8) is 0 Å². The van der Waals surface area contributed by atoms with E-state index in [1.54, 1.807) is 19.2 Å². The van der Waals surface area contributed by atoms with Crippen LogP contribution in [0.3, 0.4) is 0 Å². The van der Waals surface area contributed by atoms with Crippen molar-refractivity contribution >= 4 is 27.5 Å². The van der Waals surface area contributed by atoms with Gasteiger partial charge in [-0.3, -0.25) is 4.79 Å². The largest absolute Gasteiger partial charge is 0.497 e. The van der Waals surface area contributed by atoms with Gasteiger partial charge in [0.25, 0.3) is 5.91 Å². The average Bonchev–Trinajstić information content (AvgIpc) is 2.48. The Labute approximate surface area is 132 Å². The van der Waals surface area contributed by atoms with Crippen molar-refractivity contribution in [2.45, 2.75) is 6.92 Å². The molecule has 4 nitrogen and oxygen atoms in total. The molecule has 1 amide bonds. The quantitative estimate of drug-likeness (QED) is 0.893. The van der Waals surface area contributed by atoms with Crippen LogP contribution < -0.4 is 14.8 Å². The summed E-state index contributed by atoms with van der Waals surface area (Å²) in [5, 5.41) is 2.79. The summed E-state index contributed by atoms with van der Waals surface area (Å²) in [7, 11) is 1.58. The number of nitrogens with one attached hydrogen (secondary N) is 1. The Morgan fingerprint density at radius 3 is 2.67 bits per heavy atom. The third-order valence-electron chi connectivity index (χ3n) is 2.81. The maximum Gasteiger partial charge on any atom is 0.262 e. The van der Waals surface area contributed by atoms with Crippen LogP contribution >= 0.6 is 15.9 Å². The monoisotopic (exact) mass is 349 g/mol. The molecule has 21 heavy (non-hydrogen) atoms. The molecule has 0 bridgehead atoms. The molecule has 2 aromatic rings. The Kier molecular flexibility index (Phi) is 5.22. The number of halogens is 1. The van der Waals surface area contributed by atoms with E-state index in [4.69, 9.17) is 9.47 Å². The molecule has 0 spiro atoms. The van der Waals surface area contributed by atoms with E-state index >= 15 is 0 Å². The minimum absolute atomic E-state index is 0.0620. The Hall–Kier alpha value is -2.01. The lowest BCUT2D eigenvalue weighted by Gasteiger charge is -2.10. The van der Waals surface area contributed by atoms with Gasteiger partial charge in [0.15, 0.2) is 6.61 Å². The zero-order valence-electron chi connectivity index (χ0n) is 11.9. The second kappa shape index (κ2) is 7.13. The van der Waals surface area contributed by atoms with Gasteiger partial charge in [0.05, 0.1) is 12.8 Å². The van der Waals surface area contributed by atoms with E-state index in [9.17, 15) is 4.79 Å². The van der Waals surface area contributed by atoms with Gasteiger partial charge < -0.3 is 14.8 Å². The highest BCUT2D eigenvalue weighted by Crippen LogP contribution is 2.23. The molecule has 0 aliphatic rings. The van der Waals surface area contributed by atoms with Gasteiger partial charge in [-0.05, 0) is 52.7 Å². The van der Waals surface area contributed by atoms with E-state index < -0.39 is 0 Å². The average molecular weight is 350 g/mol. The number of benzene rings is 2. The summed E-state index contributed by atoms with van der Waals surface area (Å²) in [6.45, 7) is 1.93. The second-order valence-corrected chi connectivity index (χ2v) is 5.35. The summed E-state index contributed by atoms with van der Waals surface area (Å²) in [6.07, 6.45) is 0. The van der Waals surface area contributed by atoms with E-state index in [-0.39, 0.29) is 12.5 Å². The van der Waals surface area contributed by atoms with Crippen LogP contribution in [0.15, 0.2) is 46.9 Å². The summed E-state index contributed by atoms with van der Waals surface area (Å²) >= 11 is 3.42. The zero-order valence-corrected chi connectivity index (χ0v) is 13.4. The van der Waals surface area contributed by atoms with Crippen molar-refractivity contribution in [1.29, 1.82) is 0 Å². The number of aryl methyl sites for hydroxylation is 1. The molecule has 0 aliphatic heterocycles. The van der Waals surface area contributed by atoms with Crippen LogP contribution in [-0.2, 0) is 4.79 Å². The summed E-state index contributed by atoms with van der Waals surface area (Å²) in [5.74, 6) is 1.06. The normalized spacial score (nSPS) is 10.0. The molecule has 0 unspecified atom stereocenters. The van der Waals surface area contributed by atoms with E-state index in [1.807, 2.05) is 37.3 Å². The fraction of sp³-hybridized carbons (Fsp3) is 0.188. The van der Waals surface area contributed by atoms with Gasteiger partial charge in [-0.2, -0.15) is 0 Å². The molecule has 1 N–H and O–H groups in total. The van der Waals surface area contributed by atoms with Gasteiger partial charge in [0.1, 0.15) is 11.5 Å². The minimum atomic E-state index is -0.220. The summed E-state index contributed by atoms with van der Waals surface area (Å²) in [4.78, 5) is 11.9. The molecular weight excluding hydrogens is 334 g/mol. The Morgan fingerprint density at radius 2 is 1.95 bits per heavy atom. The van der Waals surface area contributed by atoms with Gasteiger partial charge in [-0.1, -0.05) is 12.1 Å². The van der Waals surface area contributed by atoms with Gasteiger partial charge in [-0.25, -0.2) is 0 Å². The molecule has 0 saturated heterocycles. The topological polar surface area (TPSA) is 47.6 Å². The highest BCUT2D eigenvalue weighted by atomic mass is 79.9. The first-order valence-electron chi connectivity index (χ1n) is 6.41. The maximum atomic E-state index is 11.9. The Balaban J connectivity index is 1.92. The van der Waals surface area contributed by atoms with Crippen LogP contribution in [0.1, 0.15) is 5.56 Å². The highest BCUT2D eigenvalue weighted by molar-refractivity contribution is 9.10. The molecule has 110 valence electrons. The number of carbonyl (C=O) groups is 1. The standard InChI is InChI=1S/C16H16BrNO3/c1-11-6-7-15(14(17)8-11)18-16(19)10-21-13-5-3-4-12(9-13)20-2/h3-9H,10H2,1-2H3,(H,18,19). The number of carbonyl (C=O) groups excluding carboxylic acids is 1. The van der Waals surface area contributed by atoms with Crippen LogP contribution in [-0.4, -0.2) is 19.6 Å². The summed E-state index contributed by atoms with van der Waals surface area (Å²) in [5.41, 5.74) is 1.84. The number of ether oxygens (including phenoxy) is 2. The Morgan fingerprint density at radius 1 is 1.19 bits per heavy atom. The maximum absolute atomic E-state index is 11.9. The molecule has 2 rings (SSSR count). The van der Waals surface area contributed by atoms with Crippen molar-refractivity contribution < 1.29 is 14.3 Å². The van der Waals surface area contributed by atoms with Crippen LogP contribution in [0.25, 0.3) is 0 Å². The van der Waals surface area contributed by atoms with Crippen molar-refractivity contribution in [1.82, 2.24) is 0 Å². The SMILES string of the molecule is COc1cccc(OCC(=O)Nc2ccc(C)cc2Br)c1. The van der Waals surface area contributed by atoms with Crippen LogP contribution in [0.4, 0.5) is 5.69 Å². The third kappa shape index (κ3) is 4.49. The number of hydrogen-bond donors (Lipinski definition) is 1. The molecule has 5 heteroatoms. The van der Waals surface area contributed by atoms with Crippen LogP contribution in [0.5, 0.6) is 11.5 Å². The van der Waals surface area contributed by atoms with Crippen LogP contribution in [0, 0.1) is 6.92 Å². The van der Waals surface area contributed by atoms with Crippen molar-refractivity contribution in [2.24, 2.45) is 0 Å². The number of amides is 1. The van der Waals surface area contributed by atoms with E-state index in [0.29, 0.717) is 11.5 Å². The van der Waals surface area contributed by atoms with Crippen molar-refractivity contribution in [3.8, 4) is 11.5 Å². The molecule has 0 aliphatic carbocycles.